The number of rotatable bonds is 5. The van der Waals surface area contributed by atoms with Crippen molar-refractivity contribution in [3.8, 4) is 0 Å². The highest BCUT2D eigenvalue weighted by atomic mass is 32.1. The molecule has 1 aliphatic heterocycles. The van der Waals surface area contributed by atoms with Gasteiger partial charge in [0, 0.05) is 23.9 Å². The van der Waals surface area contributed by atoms with E-state index in [0.29, 0.717) is 35.0 Å². The number of hydrogen-bond donors (Lipinski definition) is 1. The predicted molar refractivity (Wildman–Crippen MR) is 92.5 cm³/mol. The minimum absolute atomic E-state index is 0.0794. The number of para-hydroxylation sites is 1. The molecule has 3 rings (SSSR count). The quantitative estimate of drug-likeness (QED) is 0.847. The Hall–Kier alpha value is -2.54. The molecule has 1 saturated heterocycles. The summed E-state index contributed by atoms with van der Waals surface area (Å²) in [5, 5.41) is 5.18. The number of nitrogens with one attached hydrogen (secondary N) is 1. The largest absolute Gasteiger partial charge is 0.325 e. The molecule has 6 nitrogen and oxygen atoms in total. The molecular formula is C17H17N3O3S. The summed E-state index contributed by atoms with van der Waals surface area (Å²) in [6.45, 7) is 2.15. The van der Waals surface area contributed by atoms with Crippen molar-refractivity contribution < 1.29 is 14.4 Å². The molecular weight excluding hydrogens is 326 g/mol. The normalized spacial score (nSPS) is 14.0. The van der Waals surface area contributed by atoms with Gasteiger partial charge in [0.1, 0.15) is 0 Å². The first kappa shape index (κ1) is 16.3. The van der Waals surface area contributed by atoms with Crippen LogP contribution in [0.5, 0.6) is 0 Å². The molecule has 1 aromatic heterocycles. The van der Waals surface area contributed by atoms with E-state index in [2.05, 4.69) is 10.3 Å². The zero-order valence-corrected chi connectivity index (χ0v) is 14.1. The summed E-state index contributed by atoms with van der Waals surface area (Å²) in [7, 11) is 0. The van der Waals surface area contributed by atoms with Gasteiger partial charge in [0.25, 0.3) is 0 Å². The number of carbonyl (C=O) groups excluding carboxylic acids is 3. The zero-order valence-electron chi connectivity index (χ0n) is 13.2. The first-order valence-electron chi connectivity index (χ1n) is 7.69. The lowest BCUT2D eigenvalue weighted by molar-refractivity contribution is -0.117. The van der Waals surface area contributed by atoms with E-state index in [1.165, 1.54) is 18.3 Å². The Kier molecular flexibility index (Phi) is 4.71. The maximum atomic E-state index is 12.2. The van der Waals surface area contributed by atoms with Gasteiger partial charge in [0.15, 0.2) is 10.9 Å². The number of carbonyl (C=O) groups is 3. The van der Waals surface area contributed by atoms with Crippen molar-refractivity contribution in [1.82, 2.24) is 4.98 Å². The van der Waals surface area contributed by atoms with Crippen LogP contribution >= 0.6 is 11.3 Å². The van der Waals surface area contributed by atoms with Crippen molar-refractivity contribution >= 4 is 39.8 Å². The SMILES string of the molecule is CC(=O)c1ccccc1NC(=O)Cc1csc(N2CCCC2=O)n1. The molecule has 0 radical (unpaired) electrons. The molecule has 1 N–H and O–H groups in total. The Morgan fingerprint density at radius 2 is 2.12 bits per heavy atom. The first-order chi connectivity index (χ1) is 11.5. The van der Waals surface area contributed by atoms with Crippen LogP contribution < -0.4 is 10.2 Å². The number of hydrogen-bond acceptors (Lipinski definition) is 5. The Bertz CT molecular complexity index is 800. The van der Waals surface area contributed by atoms with Gasteiger partial charge in [0.05, 0.1) is 17.8 Å². The number of thiazole rings is 1. The molecule has 1 fully saturated rings. The molecule has 0 saturated carbocycles. The molecule has 0 spiro atoms. The fourth-order valence-corrected chi connectivity index (χ4v) is 3.48. The molecule has 0 aliphatic carbocycles. The second-order valence-corrected chi connectivity index (χ2v) is 6.43. The number of aromatic nitrogens is 1. The van der Waals surface area contributed by atoms with Gasteiger partial charge < -0.3 is 5.32 Å². The van der Waals surface area contributed by atoms with Crippen LogP contribution in [0, 0.1) is 0 Å². The molecule has 24 heavy (non-hydrogen) atoms. The Balaban J connectivity index is 1.67. The second-order valence-electron chi connectivity index (χ2n) is 5.60. The molecule has 7 heteroatoms. The van der Waals surface area contributed by atoms with Crippen molar-refractivity contribution in [2.45, 2.75) is 26.2 Å². The molecule has 2 heterocycles. The molecule has 1 aromatic carbocycles. The minimum Gasteiger partial charge on any atom is -0.325 e. The van der Waals surface area contributed by atoms with Gasteiger partial charge in [0.2, 0.25) is 11.8 Å². The number of nitrogens with zero attached hydrogens (tertiary/aromatic N) is 2. The van der Waals surface area contributed by atoms with E-state index in [-0.39, 0.29) is 24.0 Å². The highest BCUT2D eigenvalue weighted by molar-refractivity contribution is 7.14. The van der Waals surface area contributed by atoms with E-state index in [0.717, 1.165) is 6.42 Å². The van der Waals surface area contributed by atoms with Crippen molar-refractivity contribution in [3.05, 3.63) is 40.9 Å². The summed E-state index contributed by atoms with van der Waals surface area (Å²) in [5.74, 6) is -0.265. The summed E-state index contributed by atoms with van der Waals surface area (Å²) in [6, 6.07) is 6.90. The van der Waals surface area contributed by atoms with Gasteiger partial charge >= 0.3 is 0 Å². The van der Waals surface area contributed by atoms with E-state index in [1.807, 2.05) is 0 Å². The van der Waals surface area contributed by atoms with Crippen LogP contribution in [-0.4, -0.2) is 29.1 Å². The van der Waals surface area contributed by atoms with Crippen LogP contribution in [0.3, 0.4) is 0 Å². The lowest BCUT2D eigenvalue weighted by Gasteiger charge is -2.10. The van der Waals surface area contributed by atoms with Crippen molar-refractivity contribution in [2.75, 3.05) is 16.8 Å². The van der Waals surface area contributed by atoms with E-state index in [9.17, 15) is 14.4 Å². The molecule has 1 aliphatic rings. The average Bonchev–Trinajstić information content (AvgIpc) is 3.16. The molecule has 124 valence electrons. The number of ketones is 1. The Morgan fingerprint density at radius 3 is 2.83 bits per heavy atom. The fraction of sp³-hybridized carbons (Fsp3) is 0.294. The van der Waals surface area contributed by atoms with Crippen molar-refractivity contribution in [1.29, 1.82) is 0 Å². The third kappa shape index (κ3) is 3.51. The van der Waals surface area contributed by atoms with Gasteiger partial charge in [-0.1, -0.05) is 12.1 Å². The molecule has 2 amide bonds. The van der Waals surface area contributed by atoms with Crippen molar-refractivity contribution in [2.24, 2.45) is 0 Å². The van der Waals surface area contributed by atoms with Crippen LogP contribution in [0.2, 0.25) is 0 Å². The standard InChI is InChI=1S/C17H17N3O3S/c1-11(21)13-5-2-3-6-14(13)19-15(22)9-12-10-24-17(18-12)20-8-4-7-16(20)23/h2-3,5-6,10H,4,7-9H2,1H3,(H,19,22). The van der Waals surface area contributed by atoms with Crippen LogP contribution in [-0.2, 0) is 16.0 Å². The van der Waals surface area contributed by atoms with Gasteiger partial charge in [-0.3, -0.25) is 19.3 Å². The third-order valence-corrected chi connectivity index (χ3v) is 4.68. The van der Waals surface area contributed by atoms with Gasteiger partial charge in [-0.15, -0.1) is 11.3 Å². The van der Waals surface area contributed by atoms with Crippen LogP contribution in [0.25, 0.3) is 0 Å². The van der Waals surface area contributed by atoms with E-state index >= 15 is 0 Å². The number of anilines is 2. The van der Waals surface area contributed by atoms with Gasteiger partial charge in [-0.05, 0) is 25.5 Å². The average molecular weight is 343 g/mol. The molecule has 0 atom stereocenters. The maximum absolute atomic E-state index is 12.2. The Labute approximate surface area is 143 Å². The maximum Gasteiger partial charge on any atom is 0.230 e. The monoisotopic (exact) mass is 343 g/mol. The van der Waals surface area contributed by atoms with Gasteiger partial charge in [-0.25, -0.2) is 4.98 Å². The van der Waals surface area contributed by atoms with E-state index < -0.39 is 0 Å². The third-order valence-electron chi connectivity index (χ3n) is 3.77. The highest BCUT2D eigenvalue weighted by Crippen LogP contribution is 2.25. The zero-order chi connectivity index (χ0) is 17.1. The lowest BCUT2D eigenvalue weighted by Crippen LogP contribution is -2.23. The highest BCUT2D eigenvalue weighted by Gasteiger charge is 2.24. The molecule has 2 aromatic rings. The topological polar surface area (TPSA) is 79.4 Å². The van der Waals surface area contributed by atoms with E-state index in [4.69, 9.17) is 0 Å². The smallest absolute Gasteiger partial charge is 0.230 e. The minimum atomic E-state index is -0.242. The second kappa shape index (κ2) is 6.92. The fourth-order valence-electron chi connectivity index (χ4n) is 2.61. The summed E-state index contributed by atoms with van der Waals surface area (Å²) >= 11 is 1.37. The van der Waals surface area contributed by atoms with Crippen LogP contribution in [0.15, 0.2) is 29.6 Å². The van der Waals surface area contributed by atoms with Gasteiger partial charge in [-0.2, -0.15) is 0 Å². The molecule has 0 bridgehead atoms. The number of Topliss-reactive ketones (excluding diaryl/α,β-unsaturated/α-hetero) is 1. The predicted octanol–water partition coefficient (Wildman–Crippen LogP) is 2.65. The Morgan fingerprint density at radius 1 is 1.33 bits per heavy atom. The van der Waals surface area contributed by atoms with Crippen molar-refractivity contribution in [3.63, 3.8) is 0 Å². The summed E-state index contributed by atoms with van der Waals surface area (Å²) in [5.41, 5.74) is 1.60. The summed E-state index contributed by atoms with van der Waals surface area (Å²) in [4.78, 5) is 41.6. The summed E-state index contributed by atoms with van der Waals surface area (Å²) in [6.07, 6.45) is 1.50. The van der Waals surface area contributed by atoms with E-state index in [1.54, 1.807) is 34.5 Å². The van der Waals surface area contributed by atoms with Crippen LogP contribution in [0.4, 0.5) is 10.8 Å². The number of amides is 2. The van der Waals surface area contributed by atoms with Crippen LogP contribution in [0.1, 0.15) is 35.8 Å². The number of benzene rings is 1. The summed E-state index contributed by atoms with van der Waals surface area (Å²) < 4.78 is 0. The molecule has 0 unspecified atom stereocenters. The first-order valence-corrected chi connectivity index (χ1v) is 8.57. The lowest BCUT2D eigenvalue weighted by atomic mass is 10.1.